The van der Waals surface area contributed by atoms with Gasteiger partial charge >= 0.3 is 5.97 Å². The zero-order chi connectivity index (χ0) is 33.6. The van der Waals surface area contributed by atoms with Crippen molar-refractivity contribution in [3.8, 4) is 5.69 Å². The van der Waals surface area contributed by atoms with Gasteiger partial charge in [-0.15, -0.1) is 0 Å². The summed E-state index contributed by atoms with van der Waals surface area (Å²) in [7, 11) is -2.35. The van der Waals surface area contributed by atoms with Gasteiger partial charge in [-0.1, -0.05) is 0 Å². The number of halogens is 2. The number of primary amides is 1. The molecule has 1 saturated heterocycles. The molecular weight excluding hydrogens is 638 g/mol. The van der Waals surface area contributed by atoms with Crippen molar-refractivity contribution in [3.05, 3.63) is 88.4 Å². The molecule has 0 aliphatic carbocycles. The van der Waals surface area contributed by atoms with Crippen molar-refractivity contribution in [1.82, 2.24) is 24.0 Å². The largest absolute Gasteiger partial charge is 0.477 e. The highest BCUT2D eigenvalue weighted by Gasteiger charge is 2.33. The van der Waals surface area contributed by atoms with Crippen LogP contribution in [0.25, 0.3) is 5.69 Å². The Balaban J connectivity index is 1.36. The minimum absolute atomic E-state index is 0.0191. The fourth-order valence-electron chi connectivity index (χ4n) is 5.81. The summed E-state index contributed by atoms with van der Waals surface area (Å²) in [6.45, 7) is 2.25. The number of benzene rings is 2. The number of rotatable bonds is 8. The molecule has 17 heteroatoms. The summed E-state index contributed by atoms with van der Waals surface area (Å²) in [6.07, 6.45) is 1.70. The average molecular weight is 669 g/mol. The lowest BCUT2D eigenvalue weighted by Crippen LogP contribution is -2.45. The van der Waals surface area contributed by atoms with Gasteiger partial charge < -0.3 is 30.5 Å². The quantitative estimate of drug-likeness (QED) is 0.218. The number of aromatic amines is 1. The van der Waals surface area contributed by atoms with Gasteiger partial charge in [0.25, 0.3) is 5.91 Å². The van der Waals surface area contributed by atoms with Crippen molar-refractivity contribution >= 4 is 39.3 Å². The Morgan fingerprint density at radius 3 is 2.32 bits per heavy atom. The lowest BCUT2D eigenvalue weighted by Gasteiger charge is -2.35. The van der Waals surface area contributed by atoms with Crippen molar-refractivity contribution in [1.29, 1.82) is 0 Å². The van der Waals surface area contributed by atoms with E-state index in [2.05, 4.69) is 20.4 Å². The predicted octanol–water partition coefficient (Wildman–Crippen LogP) is 2.03. The number of hydrogen-bond donors (Lipinski definition) is 4. The number of piperazine rings is 1. The van der Waals surface area contributed by atoms with Crippen LogP contribution in [0.3, 0.4) is 0 Å². The van der Waals surface area contributed by atoms with Gasteiger partial charge in [-0.3, -0.25) is 14.7 Å². The van der Waals surface area contributed by atoms with Crippen LogP contribution in [-0.2, 0) is 23.0 Å². The topological polar surface area (TPSA) is 187 Å². The highest BCUT2D eigenvalue weighted by molar-refractivity contribution is 7.89. The van der Waals surface area contributed by atoms with Gasteiger partial charge in [0.2, 0.25) is 15.9 Å². The predicted molar refractivity (Wildman–Crippen MR) is 165 cm³/mol. The van der Waals surface area contributed by atoms with E-state index < -0.39 is 44.3 Å². The fraction of sp³-hybridized carbons (Fsp3) is 0.267. The highest BCUT2D eigenvalue weighted by atomic mass is 32.2. The van der Waals surface area contributed by atoms with E-state index in [4.69, 9.17) is 5.73 Å². The van der Waals surface area contributed by atoms with Crippen LogP contribution >= 0.6 is 0 Å². The molecule has 0 radical (unpaired) electrons. The molecule has 2 aromatic heterocycles. The molecule has 2 amide bonds. The van der Waals surface area contributed by atoms with Gasteiger partial charge in [-0.05, 0) is 43.4 Å². The Hall–Kier alpha value is -5.13. The van der Waals surface area contributed by atoms with Crippen molar-refractivity contribution in [2.75, 3.05) is 50.0 Å². The zero-order valence-corrected chi connectivity index (χ0v) is 25.9. The summed E-state index contributed by atoms with van der Waals surface area (Å²) in [5, 5.41) is 19.4. The second kappa shape index (κ2) is 12.2. The summed E-state index contributed by atoms with van der Waals surface area (Å²) in [6, 6.07) is 7.83. The number of anilines is 2. The summed E-state index contributed by atoms with van der Waals surface area (Å²) in [4.78, 5) is 42.2. The molecule has 2 aromatic carbocycles. The van der Waals surface area contributed by atoms with E-state index in [1.807, 2.05) is 11.9 Å². The first-order valence-electron chi connectivity index (χ1n) is 14.5. The van der Waals surface area contributed by atoms with Crippen LogP contribution in [0.15, 0.2) is 53.6 Å². The second-order valence-electron chi connectivity index (χ2n) is 11.3. The molecule has 0 saturated carbocycles. The number of H-pyrrole nitrogens is 1. The van der Waals surface area contributed by atoms with Gasteiger partial charge in [-0.2, -0.15) is 9.40 Å². The SMILES string of the molecule is CN1CCN(c2cc(C(N)=O)c(C(=O)Nc3n[nH]c4c3CN(S(=O)(=O)c3cc(F)cc(F)c3)CC4)cc2-n2cccc2C(=O)O)CC1. The first kappa shape index (κ1) is 31.8. The molecule has 246 valence electrons. The van der Waals surface area contributed by atoms with E-state index in [1.54, 1.807) is 6.07 Å². The van der Waals surface area contributed by atoms with Crippen LogP contribution in [0.1, 0.15) is 42.5 Å². The molecule has 5 N–H and O–H groups in total. The Morgan fingerprint density at radius 1 is 0.979 bits per heavy atom. The molecule has 4 heterocycles. The molecule has 4 aromatic rings. The maximum Gasteiger partial charge on any atom is 0.352 e. The van der Waals surface area contributed by atoms with Crippen LogP contribution in [0.2, 0.25) is 0 Å². The summed E-state index contributed by atoms with van der Waals surface area (Å²) in [5.74, 6) is -5.02. The van der Waals surface area contributed by atoms with Crippen LogP contribution in [0.5, 0.6) is 0 Å². The molecule has 47 heavy (non-hydrogen) atoms. The number of carbonyl (C=O) groups excluding carboxylic acids is 2. The van der Waals surface area contributed by atoms with Gasteiger partial charge in [0.1, 0.15) is 17.3 Å². The van der Waals surface area contributed by atoms with E-state index in [0.717, 1.165) is 16.4 Å². The summed E-state index contributed by atoms with van der Waals surface area (Å²) in [5.41, 5.74) is 7.09. The van der Waals surface area contributed by atoms with Crippen LogP contribution in [-0.4, -0.2) is 95.0 Å². The van der Waals surface area contributed by atoms with Crippen molar-refractivity contribution in [2.45, 2.75) is 17.9 Å². The molecule has 0 unspecified atom stereocenters. The van der Waals surface area contributed by atoms with Crippen molar-refractivity contribution in [3.63, 3.8) is 0 Å². The zero-order valence-electron chi connectivity index (χ0n) is 25.0. The molecule has 1 fully saturated rings. The average Bonchev–Trinajstić information content (AvgIpc) is 3.68. The van der Waals surface area contributed by atoms with Gasteiger partial charge in [-0.25, -0.2) is 22.0 Å². The smallest absolute Gasteiger partial charge is 0.352 e. The third kappa shape index (κ3) is 6.07. The maximum absolute atomic E-state index is 13.8. The minimum atomic E-state index is -4.32. The molecule has 6 rings (SSSR count). The minimum Gasteiger partial charge on any atom is -0.477 e. The number of nitrogens with zero attached hydrogens (tertiary/aromatic N) is 5. The lowest BCUT2D eigenvalue weighted by atomic mass is 10.0. The van der Waals surface area contributed by atoms with Crippen LogP contribution < -0.4 is 16.0 Å². The van der Waals surface area contributed by atoms with E-state index in [0.29, 0.717) is 54.9 Å². The number of sulfonamides is 1. The number of nitrogens with two attached hydrogens (primary N) is 1. The number of nitrogens with one attached hydrogen (secondary N) is 2. The molecule has 0 bridgehead atoms. The number of hydrogen-bond acceptors (Lipinski definition) is 8. The number of aromatic nitrogens is 3. The van der Waals surface area contributed by atoms with Crippen LogP contribution in [0, 0.1) is 11.6 Å². The van der Waals surface area contributed by atoms with Crippen molar-refractivity contribution < 1.29 is 36.7 Å². The van der Waals surface area contributed by atoms with E-state index in [-0.39, 0.29) is 42.1 Å². The van der Waals surface area contributed by atoms with Crippen molar-refractivity contribution in [2.24, 2.45) is 5.73 Å². The number of carboxylic acids is 1. The molecule has 0 atom stereocenters. The van der Waals surface area contributed by atoms with Gasteiger partial charge in [0, 0.05) is 69.2 Å². The monoisotopic (exact) mass is 668 g/mol. The highest BCUT2D eigenvalue weighted by Crippen LogP contribution is 2.33. The van der Waals surface area contributed by atoms with Gasteiger partial charge in [0.05, 0.1) is 27.4 Å². The van der Waals surface area contributed by atoms with Gasteiger partial charge in [0.15, 0.2) is 5.82 Å². The molecular formula is C30H30F2N8O6S. The Morgan fingerprint density at radius 2 is 1.66 bits per heavy atom. The Bertz CT molecular complexity index is 2000. The van der Waals surface area contributed by atoms with E-state index in [1.165, 1.54) is 29.0 Å². The third-order valence-electron chi connectivity index (χ3n) is 8.30. The Kier molecular flexibility index (Phi) is 8.29. The maximum atomic E-state index is 13.8. The number of carbonyl (C=O) groups is 3. The van der Waals surface area contributed by atoms with E-state index in [9.17, 15) is 36.7 Å². The fourth-order valence-corrected chi connectivity index (χ4v) is 7.26. The summed E-state index contributed by atoms with van der Waals surface area (Å²) >= 11 is 0. The number of aromatic carboxylic acids is 1. The standard InChI is InChI=1S/C30H30F2N8O6S/c1-37-7-9-38(10-8-37)25-14-20(27(33)41)21(15-26(25)40-5-2-3-24(40)30(43)44)29(42)34-28-22-16-39(6-4-23(22)35-36-28)47(45,46)19-12-17(31)11-18(32)13-19/h2-3,5,11-15H,4,6-10,16H2,1H3,(H2,33,41)(H,43,44)(H2,34,35,36,42). The Labute approximate surface area is 267 Å². The first-order valence-corrected chi connectivity index (χ1v) is 15.9. The van der Waals surface area contributed by atoms with Crippen LogP contribution in [0.4, 0.5) is 20.3 Å². The lowest BCUT2D eigenvalue weighted by molar-refractivity contribution is 0.0687. The number of likely N-dealkylation sites (N-methyl/N-ethyl adjacent to an activating group) is 1. The summed E-state index contributed by atoms with van der Waals surface area (Å²) < 4.78 is 56.7. The van der Waals surface area contributed by atoms with E-state index >= 15 is 0 Å². The number of fused-ring (bicyclic) bond motifs is 1. The third-order valence-corrected chi connectivity index (χ3v) is 10.1. The molecule has 14 nitrogen and oxygen atoms in total. The normalized spacial score (nSPS) is 15.8. The second-order valence-corrected chi connectivity index (χ2v) is 13.2. The molecule has 2 aliphatic heterocycles. The first-order chi connectivity index (χ1) is 22.3. The molecule has 0 spiro atoms. The number of carboxylic acid groups (broad SMARTS) is 1. The number of amides is 2. The molecule has 2 aliphatic rings.